The number of carbonyl (C=O) groups is 3. The van der Waals surface area contributed by atoms with Gasteiger partial charge in [0.25, 0.3) is 5.91 Å². The van der Waals surface area contributed by atoms with Crippen molar-refractivity contribution in [2.24, 2.45) is 0 Å². The number of carbonyl (C=O) groups excluding carboxylic acids is 3. The first-order valence-electron chi connectivity index (χ1n) is 17.8. The van der Waals surface area contributed by atoms with Gasteiger partial charge < -0.3 is 20.7 Å². The summed E-state index contributed by atoms with van der Waals surface area (Å²) in [5.41, 5.74) is 3.49. The highest BCUT2D eigenvalue weighted by molar-refractivity contribution is 6.05. The predicted molar refractivity (Wildman–Crippen MR) is 200 cm³/mol. The molecule has 2 saturated heterocycles. The van der Waals surface area contributed by atoms with E-state index in [0.717, 1.165) is 48.8 Å². The van der Waals surface area contributed by atoms with Gasteiger partial charge in [0, 0.05) is 45.0 Å². The van der Waals surface area contributed by atoms with Crippen molar-refractivity contribution in [1.29, 1.82) is 0 Å². The highest BCUT2D eigenvalue weighted by Crippen LogP contribution is 2.41. The standard InChI is InChI=1S/C39H43F3N8O4/c1-23(2)54-34-17-29(26-9-12-49(13-10-26)22-25-16-27(20-44-19-25)50-14-11-36(51)48-38(50)53)24(3)15-33(34)47-35-18-32(30(21-45-35)39(40,41)42)46-31-8-6-5-7-28(31)37(52)43-4/h5-8,15-21,23,26H,9-14,22H2,1-4H3,(H,43,52)(H2,45,46,47)(H,48,51,53). The first kappa shape index (κ1) is 38.0. The van der Waals surface area contributed by atoms with Crippen LogP contribution in [0.2, 0.25) is 0 Å². The van der Waals surface area contributed by atoms with E-state index in [-0.39, 0.29) is 47.1 Å². The number of urea groups is 1. The molecule has 0 aliphatic carbocycles. The molecular weight excluding hydrogens is 701 g/mol. The van der Waals surface area contributed by atoms with Crippen LogP contribution in [0.4, 0.5) is 46.5 Å². The van der Waals surface area contributed by atoms with Crippen molar-refractivity contribution in [1.82, 2.24) is 25.5 Å². The summed E-state index contributed by atoms with van der Waals surface area (Å²) in [6, 6.07) is 13.1. The van der Waals surface area contributed by atoms with Crippen LogP contribution in [0.5, 0.6) is 5.75 Å². The number of pyridine rings is 2. The van der Waals surface area contributed by atoms with Crippen molar-refractivity contribution in [3.05, 3.63) is 94.9 Å². The van der Waals surface area contributed by atoms with Crippen LogP contribution in [-0.2, 0) is 17.5 Å². The average Bonchev–Trinajstić information content (AvgIpc) is 3.12. The largest absolute Gasteiger partial charge is 0.489 e. The Morgan fingerprint density at radius 1 is 0.981 bits per heavy atom. The molecule has 0 unspecified atom stereocenters. The van der Waals surface area contributed by atoms with Crippen molar-refractivity contribution in [3.63, 3.8) is 0 Å². The Kier molecular flexibility index (Phi) is 11.4. The summed E-state index contributed by atoms with van der Waals surface area (Å²) in [5.74, 6) is 0.242. The Morgan fingerprint density at radius 2 is 1.74 bits per heavy atom. The van der Waals surface area contributed by atoms with E-state index in [1.165, 1.54) is 30.1 Å². The van der Waals surface area contributed by atoms with Gasteiger partial charge in [-0.3, -0.25) is 29.7 Å². The van der Waals surface area contributed by atoms with E-state index in [2.05, 4.69) is 36.1 Å². The molecule has 284 valence electrons. The number of imide groups is 1. The number of nitrogens with zero attached hydrogens (tertiary/aromatic N) is 4. The number of alkyl halides is 3. The van der Waals surface area contributed by atoms with Gasteiger partial charge >= 0.3 is 12.2 Å². The molecule has 0 radical (unpaired) electrons. The number of amides is 4. The fourth-order valence-corrected chi connectivity index (χ4v) is 6.83. The number of hydrogen-bond acceptors (Lipinski definition) is 9. The number of para-hydroxylation sites is 1. The number of anilines is 5. The molecule has 2 aliphatic heterocycles. The van der Waals surface area contributed by atoms with Gasteiger partial charge in [-0.05, 0) is 99.6 Å². The highest BCUT2D eigenvalue weighted by atomic mass is 19.4. The maximum atomic E-state index is 14.1. The Balaban J connectivity index is 1.18. The highest BCUT2D eigenvalue weighted by Gasteiger charge is 2.35. The van der Waals surface area contributed by atoms with Gasteiger partial charge in [-0.1, -0.05) is 12.1 Å². The maximum Gasteiger partial charge on any atom is 0.419 e. The quantitative estimate of drug-likeness (QED) is 0.125. The third-order valence-corrected chi connectivity index (χ3v) is 9.45. The number of hydrogen-bond donors (Lipinski definition) is 4. The van der Waals surface area contributed by atoms with Crippen LogP contribution >= 0.6 is 0 Å². The number of nitrogens with one attached hydrogen (secondary N) is 4. The molecule has 0 spiro atoms. The second-order valence-electron chi connectivity index (χ2n) is 13.7. The number of rotatable bonds is 11. The lowest BCUT2D eigenvalue weighted by Gasteiger charge is -2.33. The van der Waals surface area contributed by atoms with Crippen molar-refractivity contribution in [3.8, 4) is 5.75 Å². The van der Waals surface area contributed by atoms with E-state index in [9.17, 15) is 27.6 Å². The Bertz CT molecular complexity index is 2030. The SMILES string of the molecule is CNC(=O)c1ccccc1Nc1cc(Nc2cc(C)c(C3CCN(Cc4cncc(N5CCC(=O)NC5=O)c4)CC3)cc2OC(C)C)ncc1C(F)(F)F. The lowest BCUT2D eigenvalue weighted by molar-refractivity contribution is -0.137. The molecule has 54 heavy (non-hydrogen) atoms. The number of aryl methyl sites for hydroxylation is 1. The van der Waals surface area contributed by atoms with Crippen LogP contribution in [0.25, 0.3) is 0 Å². The van der Waals surface area contributed by atoms with Crippen molar-refractivity contribution in [2.45, 2.75) is 64.8 Å². The van der Waals surface area contributed by atoms with Gasteiger partial charge in [0.05, 0.1) is 46.2 Å². The van der Waals surface area contributed by atoms with Crippen LogP contribution < -0.4 is 30.9 Å². The molecule has 4 aromatic rings. The molecule has 4 amide bonds. The summed E-state index contributed by atoms with van der Waals surface area (Å²) in [5, 5.41) is 10.9. The van der Waals surface area contributed by atoms with Gasteiger partial charge in [-0.25, -0.2) is 9.78 Å². The minimum absolute atomic E-state index is 0.157. The minimum atomic E-state index is -4.70. The summed E-state index contributed by atoms with van der Waals surface area (Å²) >= 11 is 0. The normalized spacial score (nSPS) is 15.6. The number of likely N-dealkylation sites (tertiary alicyclic amines) is 1. The molecule has 15 heteroatoms. The Morgan fingerprint density at radius 3 is 2.44 bits per heavy atom. The Hall–Kier alpha value is -5.70. The number of benzene rings is 2. The first-order valence-corrected chi connectivity index (χ1v) is 17.8. The number of aromatic nitrogens is 2. The van der Waals surface area contributed by atoms with E-state index in [4.69, 9.17) is 4.74 Å². The summed E-state index contributed by atoms with van der Waals surface area (Å²) < 4.78 is 48.6. The molecule has 2 aliphatic rings. The van der Waals surface area contributed by atoms with E-state index in [1.807, 2.05) is 39.0 Å². The molecule has 6 rings (SSSR count). The lowest BCUT2D eigenvalue weighted by atomic mass is 9.86. The molecule has 0 bridgehead atoms. The molecule has 12 nitrogen and oxygen atoms in total. The fraction of sp³-hybridized carbons (Fsp3) is 0.359. The summed E-state index contributed by atoms with van der Waals surface area (Å²) in [4.78, 5) is 48.7. The second kappa shape index (κ2) is 16.1. The van der Waals surface area contributed by atoms with E-state index >= 15 is 0 Å². The van der Waals surface area contributed by atoms with Crippen LogP contribution in [0, 0.1) is 6.92 Å². The van der Waals surface area contributed by atoms with Gasteiger partial charge in [0.2, 0.25) is 5.91 Å². The van der Waals surface area contributed by atoms with Crippen molar-refractivity contribution >= 4 is 46.4 Å². The molecule has 4 N–H and O–H groups in total. The number of piperidine rings is 1. The Labute approximate surface area is 311 Å². The minimum Gasteiger partial charge on any atom is -0.489 e. The van der Waals surface area contributed by atoms with Crippen LogP contribution in [0.15, 0.2) is 67.1 Å². The summed E-state index contributed by atoms with van der Waals surface area (Å²) in [6.45, 7) is 8.47. The number of ether oxygens (including phenoxy) is 1. The molecule has 0 saturated carbocycles. The fourth-order valence-electron chi connectivity index (χ4n) is 6.83. The van der Waals surface area contributed by atoms with Crippen molar-refractivity contribution < 1.29 is 32.3 Å². The third-order valence-electron chi connectivity index (χ3n) is 9.45. The maximum absolute atomic E-state index is 14.1. The molecule has 4 heterocycles. The molecule has 0 atom stereocenters. The monoisotopic (exact) mass is 744 g/mol. The molecule has 2 aromatic heterocycles. The van der Waals surface area contributed by atoms with Gasteiger partial charge in [-0.15, -0.1) is 0 Å². The zero-order chi connectivity index (χ0) is 38.6. The predicted octanol–water partition coefficient (Wildman–Crippen LogP) is 7.26. The molecule has 2 aromatic carbocycles. The second-order valence-corrected chi connectivity index (χ2v) is 13.7. The van der Waals surface area contributed by atoms with Crippen LogP contribution in [0.1, 0.15) is 71.6 Å². The van der Waals surface area contributed by atoms with E-state index in [1.54, 1.807) is 24.5 Å². The topological polar surface area (TPSA) is 141 Å². The van der Waals surface area contributed by atoms with E-state index in [0.29, 0.717) is 30.2 Å². The lowest BCUT2D eigenvalue weighted by Crippen LogP contribution is -2.49. The zero-order valence-electron chi connectivity index (χ0n) is 30.5. The average molecular weight is 745 g/mol. The van der Waals surface area contributed by atoms with Gasteiger partial charge in [0.1, 0.15) is 11.6 Å². The van der Waals surface area contributed by atoms with Gasteiger partial charge in [-0.2, -0.15) is 13.2 Å². The first-order chi connectivity index (χ1) is 25.8. The van der Waals surface area contributed by atoms with Crippen LogP contribution in [-0.4, -0.2) is 65.5 Å². The molecule has 2 fully saturated rings. The smallest absolute Gasteiger partial charge is 0.419 e. The van der Waals surface area contributed by atoms with Crippen molar-refractivity contribution in [2.75, 3.05) is 42.2 Å². The summed E-state index contributed by atoms with van der Waals surface area (Å²) in [7, 11) is 1.45. The zero-order valence-corrected chi connectivity index (χ0v) is 30.5. The number of halogens is 3. The third kappa shape index (κ3) is 8.90. The van der Waals surface area contributed by atoms with Crippen LogP contribution in [0.3, 0.4) is 0 Å². The summed E-state index contributed by atoms with van der Waals surface area (Å²) in [6.07, 6.45) is 1.34. The molecular formula is C39H43F3N8O4. The van der Waals surface area contributed by atoms with E-state index < -0.39 is 23.7 Å². The van der Waals surface area contributed by atoms with Gasteiger partial charge in [0.15, 0.2) is 0 Å².